The van der Waals surface area contributed by atoms with Crippen LogP contribution in [-0.4, -0.2) is 131 Å². The fourth-order valence-electron chi connectivity index (χ4n) is 12.1. The number of ketones is 1. The Morgan fingerprint density at radius 1 is 0.772 bits per heavy atom. The Bertz CT molecular complexity index is 3480. The minimum Gasteiger partial charge on any atom is -0.493 e. The Morgan fingerprint density at radius 2 is 1.41 bits per heavy atom. The maximum atomic E-state index is 15.2. The van der Waals surface area contributed by atoms with Crippen molar-refractivity contribution in [2.75, 3.05) is 56.4 Å². The molecule has 492 valence electrons. The Kier molecular flexibility index (Phi) is 21.3. The van der Waals surface area contributed by atoms with Crippen LogP contribution in [0.4, 0.5) is 21.0 Å². The van der Waals surface area contributed by atoms with Gasteiger partial charge in [-0.3, -0.25) is 28.9 Å². The molecule has 4 heterocycles. The molecule has 0 unspecified atom stereocenters. The maximum Gasteiger partial charge on any atom is 0.416 e. The first kappa shape index (κ1) is 68.1. The lowest BCUT2D eigenvalue weighted by atomic mass is 9.91. The summed E-state index contributed by atoms with van der Waals surface area (Å²) < 4.78 is 43.0. The Morgan fingerprint density at radius 3 is 2.05 bits per heavy atom. The number of hydrogen-bond acceptors (Lipinski definition) is 14. The third-order valence-corrected chi connectivity index (χ3v) is 23.3. The predicted molar refractivity (Wildman–Crippen MR) is 354 cm³/mol. The molecule has 92 heavy (non-hydrogen) atoms. The van der Waals surface area contributed by atoms with Crippen LogP contribution in [0.15, 0.2) is 104 Å². The highest BCUT2D eigenvalue weighted by Crippen LogP contribution is 2.58. The van der Waals surface area contributed by atoms with Gasteiger partial charge in [0.1, 0.15) is 25.6 Å². The molecule has 20 heteroatoms. The minimum absolute atomic E-state index is 0.00544. The van der Waals surface area contributed by atoms with Gasteiger partial charge in [-0.05, 0) is 135 Å². The van der Waals surface area contributed by atoms with Crippen molar-refractivity contribution in [2.24, 2.45) is 17.3 Å². The first-order chi connectivity index (χ1) is 43.7. The SMILES string of the molecule is C=CCOC(=O)C[C@H](C(=O)N[C@@H](C)C(=O)Cc1ccc(COC(=O)N2c3cc(OCCCCCOc4cc5c(cc4OC)C(=O)N4C=C(c6ccc(C)cc6)C[C@H]4CN5C(=O)OCC=C)c(C)cc3C(=O)N3CC4(CC4)C[C@H]3[C@@H]2O[Si](C)(C)C(C)(C)C)cc1)C(C)C. The molecule has 5 atom stereocenters. The van der Waals surface area contributed by atoms with E-state index in [0.29, 0.717) is 90.6 Å². The molecule has 5 aliphatic rings. The summed E-state index contributed by atoms with van der Waals surface area (Å²) in [6.07, 6.45) is 7.74. The van der Waals surface area contributed by atoms with E-state index in [-0.39, 0.29) is 91.4 Å². The van der Waals surface area contributed by atoms with Gasteiger partial charge in [0.25, 0.3) is 11.8 Å². The molecule has 4 aliphatic heterocycles. The van der Waals surface area contributed by atoms with E-state index in [0.717, 1.165) is 35.1 Å². The van der Waals surface area contributed by atoms with Gasteiger partial charge in [-0.15, -0.1) is 0 Å². The number of unbranched alkanes of at least 4 members (excludes halogenated alkanes) is 2. The fourth-order valence-corrected chi connectivity index (χ4v) is 13.4. The number of rotatable bonds is 26. The average molecular weight is 1280 g/mol. The molecule has 0 radical (unpaired) electrons. The number of aryl methyl sites for hydroxylation is 2. The van der Waals surface area contributed by atoms with E-state index < -0.39 is 56.6 Å². The van der Waals surface area contributed by atoms with Crippen molar-refractivity contribution in [3.63, 3.8) is 0 Å². The largest absolute Gasteiger partial charge is 0.493 e. The molecule has 4 aromatic rings. The monoisotopic (exact) mass is 1280 g/mol. The number of esters is 1. The van der Waals surface area contributed by atoms with Crippen LogP contribution < -0.4 is 29.3 Å². The quantitative estimate of drug-likeness (QED) is 0.0204. The molecule has 1 aliphatic carbocycles. The number of carbonyl (C=O) groups is 7. The van der Waals surface area contributed by atoms with Gasteiger partial charge in [0, 0.05) is 31.3 Å². The highest BCUT2D eigenvalue weighted by molar-refractivity contribution is 6.74. The zero-order chi connectivity index (χ0) is 66.4. The van der Waals surface area contributed by atoms with Crippen LogP contribution in [-0.2, 0) is 46.0 Å². The minimum atomic E-state index is -2.66. The van der Waals surface area contributed by atoms with E-state index in [1.165, 1.54) is 24.2 Å². The van der Waals surface area contributed by atoms with Crippen LogP contribution in [0.1, 0.15) is 141 Å². The number of Topliss-reactive ketones (excluding diaryl/α,β-unsaturated/α-hetero) is 1. The van der Waals surface area contributed by atoms with Crippen LogP contribution in [0, 0.1) is 31.1 Å². The summed E-state index contributed by atoms with van der Waals surface area (Å²) in [5, 5.41) is 2.54. The highest BCUT2D eigenvalue weighted by Gasteiger charge is 2.60. The molecule has 1 saturated carbocycles. The Balaban J connectivity index is 0.880. The number of methoxy groups -OCH3 is 1. The molecule has 1 saturated heterocycles. The molecule has 4 aromatic carbocycles. The lowest BCUT2D eigenvalue weighted by Crippen LogP contribution is -2.58. The lowest BCUT2D eigenvalue weighted by Gasteiger charge is -2.44. The van der Waals surface area contributed by atoms with Crippen LogP contribution in [0.5, 0.6) is 17.2 Å². The van der Waals surface area contributed by atoms with Crippen molar-refractivity contribution in [3.05, 3.63) is 143 Å². The summed E-state index contributed by atoms with van der Waals surface area (Å²) in [6, 6.07) is 20.6. The summed E-state index contributed by atoms with van der Waals surface area (Å²) in [5.41, 5.74) is 6.52. The smallest absolute Gasteiger partial charge is 0.416 e. The summed E-state index contributed by atoms with van der Waals surface area (Å²) in [6.45, 7) is 28.5. The molecule has 0 aromatic heterocycles. The highest BCUT2D eigenvalue weighted by atomic mass is 28.4. The van der Waals surface area contributed by atoms with Crippen molar-refractivity contribution < 1.29 is 66.4 Å². The van der Waals surface area contributed by atoms with E-state index in [1.807, 2.05) is 69.1 Å². The molecule has 1 N–H and O–H groups in total. The number of nitrogens with zero attached hydrogens (tertiary/aromatic N) is 4. The second-order valence-corrected chi connectivity index (χ2v) is 31.8. The normalized spacial score (nSPS) is 18.7. The summed E-state index contributed by atoms with van der Waals surface area (Å²) >= 11 is 0. The molecule has 19 nitrogen and oxygen atoms in total. The first-order valence-corrected chi connectivity index (χ1v) is 35.1. The van der Waals surface area contributed by atoms with Crippen molar-refractivity contribution >= 4 is 66.9 Å². The fraction of sp³-hybridized carbons (Fsp3) is 0.486. The van der Waals surface area contributed by atoms with Gasteiger partial charge < -0.3 is 48.0 Å². The Labute approximate surface area is 542 Å². The Hall–Kier alpha value is -8.23. The van der Waals surface area contributed by atoms with Gasteiger partial charge in [-0.1, -0.05) is 114 Å². The van der Waals surface area contributed by atoms with Crippen molar-refractivity contribution in [1.82, 2.24) is 15.1 Å². The summed E-state index contributed by atoms with van der Waals surface area (Å²) in [5.74, 6) is -1.23. The van der Waals surface area contributed by atoms with Gasteiger partial charge in [0.2, 0.25) is 5.91 Å². The average Bonchev–Trinajstić information content (AvgIpc) is 1.56. The standard InChI is InChI=1S/C72H91N5O14Si/c1-14-29-88-64(79)37-54(45(3)4)65(80)73-48(7)60(78)34-49-21-23-50(24-22-49)43-90-70(84)77-58-39-61(47(6)33-55(58)67(82)76-44-72(27-28-72)40-59(76)68(77)91-92(12,13)71(8,9)10)86-31-17-16-18-32-87-63-38-57-56(36-62(63)85-11)66(81)74-41-52(51-25-19-46(5)20-26-51)35-53(74)42-75(57)69(83)89-30-15-2/h14-15,19-26,33,36,38-39,41,45,48,53-54,59,68H,1-2,16-18,27-32,34-35,37,40,42-44H2,3-13H3,(H,73,80)/t48-,53-,54-,59-,68-/m0/s1. The molecular formula is C72H91N5O14Si. The molecule has 0 bridgehead atoms. The van der Waals surface area contributed by atoms with Crippen molar-refractivity contribution in [3.8, 4) is 17.2 Å². The van der Waals surface area contributed by atoms with Crippen LogP contribution in [0.3, 0.4) is 0 Å². The van der Waals surface area contributed by atoms with Gasteiger partial charge in [-0.2, -0.15) is 0 Å². The second kappa shape index (κ2) is 28.7. The van der Waals surface area contributed by atoms with E-state index in [1.54, 1.807) is 59.2 Å². The van der Waals surface area contributed by atoms with Gasteiger partial charge >= 0.3 is 18.2 Å². The predicted octanol–water partition coefficient (Wildman–Crippen LogP) is 12.8. The summed E-state index contributed by atoms with van der Waals surface area (Å²) in [4.78, 5) is 104. The van der Waals surface area contributed by atoms with Crippen LogP contribution in [0.25, 0.3) is 5.57 Å². The van der Waals surface area contributed by atoms with Crippen molar-refractivity contribution in [1.29, 1.82) is 0 Å². The topological polar surface area (TPSA) is 209 Å². The number of fused-ring (bicyclic) bond motifs is 4. The first-order valence-electron chi connectivity index (χ1n) is 32.2. The van der Waals surface area contributed by atoms with E-state index in [9.17, 15) is 24.0 Å². The molecule has 1 spiro atoms. The third-order valence-electron chi connectivity index (χ3n) is 18.9. The van der Waals surface area contributed by atoms with E-state index in [2.05, 4.69) is 52.3 Å². The number of anilines is 2. The van der Waals surface area contributed by atoms with Crippen LogP contribution in [0.2, 0.25) is 18.1 Å². The molecular weight excluding hydrogens is 1190 g/mol. The summed E-state index contributed by atoms with van der Waals surface area (Å²) in [7, 11) is -1.15. The zero-order valence-electron chi connectivity index (χ0n) is 55.4. The molecule has 2 fully saturated rings. The maximum absolute atomic E-state index is 15.2. The number of hydrogen-bond donors (Lipinski definition) is 1. The van der Waals surface area contributed by atoms with Gasteiger partial charge in [0.15, 0.2) is 31.8 Å². The van der Waals surface area contributed by atoms with Gasteiger partial charge in [-0.25, -0.2) is 14.5 Å². The van der Waals surface area contributed by atoms with Gasteiger partial charge in [0.05, 0.1) is 79.8 Å². The lowest BCUT2D eigenvalue weighted by molar-refractivity contribution is -0.146. The van der Waals surface area contributed by atoms with E-state index in [4.69, 9.17) is 32.8 Å². The van der Waals surface area contributed by atoms with Crippen molar-refractivity contribution in [2.45, 2.75) is 162 Å². The number of nitrogens with one attached hydrogen (secondary N) is 1. The number of ether oxygens (including phenoxy) is 6. The number of carbonyl (C=O) groups excluding carboxylic acids is 7. The third kappa shape index (κ3) is 15.5. The zero-order valence-corrected chi connectivity index (χ0v) is 56.4. The number of amides is 5. The second-order valence-electron chi connectivity index (χ2n) is 27.1. The van der Waals surface area contributed by atoms with E-state index >= 15 is 9.59 Å². The molecule has 5 amide bonds. The number of benzene rings is 4. The van der Waals surface area contributed by atoms with Crippen LogP contribution >= 0.6 is 0 Å². The molecule has 9 rings (SSSR count).